The van der Waals surface area contributed by atoms with Gasteiger partial charge in [0.05, 0.1) is 15.8 Å². The number of para-hydroxylation sites is 1. The second-order valence-electron chi connectivity index (χ2n) is 9.35. The molecule has 1 amide bonds. The molecule has 1 fully saturated rings. The van der Waals surface area contributed by atoms with Crippen LogP contribution in [0, 0.1) is 34.6 Å². The van der Waals surface area contributed by atoms with Gasteiger partial charge in [0, 0.05) is 26.2 Å². The van der Waals surface area contributed by atoms with Gasteiger partial charge in [0.15, 0.2) is 0 Å². The summed E-state index contributed by atoms with van der Waals surface area (Å²) in [5.74, 6) is 0.250. The number of rotatable bonds is 4. The third-order valence-corrected chi connectivity index (χ3v) is 9.35. The maximum atomic E-state index is 13.5. The summed E-state index contributed by atoms with van der Waals surface area (Å²) >= 11 is 0. The standard InChI is InChI=1S/C26H32N4O4S/c1-16-15-17(2)19(4)24(18(16)3)35(33,34)29-13-11-28(12-14-29)25(31)20(5)30-21(6)27-23-10-8-7-9-22(23)26(30)32/h7-10,15,20H,11-14H2,1-6H3. The third kappa shape index (κ3) is 4.27. The molecular weight excluding hydrogens is 464 g/mol. The maximum absolute atomic E-state index is 13.5. The zero-order valence-corrected chi connectivity index (χ0v) is 21.9. The van der Waals surface area contributed by atoms with E-state index in [2.05, 4.69) is 4.98 Å². The molecule has 1 aliphatic heterocycles. The highest BCUT2D eigenvalue weighted by molar-refractivity contribution is 7.89. The molecule has 4 rings (SSSR count). The average Bonchev–Trinajstić information content (AvgIpc) is 2.82. The molecular formula is C26H32N4O4S. The number of carbonyl (C=O) groups is 1. The van der Waals surface area contributed by atoms with Gasteiger partial charge in [-0.25, -0.2) is 13.4 Å². The molecule has 0 spiro atoms. The lowest BCUT2D eigenvalue weighted by Crippen LogP contribution is -2.52. The van der Waals surface area contributed by atoms with Crippen LogP contribution in [-0.4, -0.2) is 59.3 Å². The van der Waals surface area contributed by atoms with E-state index in [1.165, 1.54) is 8.87 Å². The minimum Gasteiger partial charge on any atom is -0.338 e. The molecule has 8 nitrogen and oxygen atoms in total. The summed E-state index contributed by atoms with van der Waals surface area (Å²) < 4.78 is 30.0. The van der Waals surface area contributed by atoms with E-state index in [9.17, 15) is 18.0 Å². The predicted molar refractivity (Wildman–Crippen MR) is 136 cm³/mol. The van der Waals surface area contributed by atoms with E-state index in [4.69, 9.17) is 0 Å². The molecule has 1 atom stereocenters. The van der Waals surface area contributed by atoms with Crippen LogP contribution in [0.5, 0.6) is 0 Å². The van der Waals surface area contributed by atoms with Gasteiger partial charge in [-0.1, -0.05) is 18.2 Å². The van der Waals surface area contributed by atoms with Gasteiger partial charge in [0.1, 0.15) is 11.9 Å². The van der Waals surface area contributed by atoms with Crippen molar-refractivity contribution in [2.75, 3.05) is 26.2 Å². The molecule has 186 valence electrons. The third-order valence-electron chi connectivity index (χ3n) is 7.17. The van der Waals surface area contributed by atoms with Gasteiger partial charge in [-0.15, -0.1) is 0 Å². The highest BCUT2D eigenvalue weighted by Crippen LogP contribution is 2.29. The zero-order valence-electron chi connectivity index (χ0n) is 21.1. The Balaban J connectivity index is 1.55. The number of amides is 1. The molecule has 0 radical (unpaired) electrons. The van der Waals surface area contributed by atoms with E-state index in [1.54, 1.807) is 36.9 Å². The van der Waals surface area contributed by atoms with Crippen molar-refractivity contribution in [3.8, 4) is 0 Å². The van der Waals surface area contributed by atoms with Crippen molar-refractivity contribution in [3.05, 3.63) is 68.8 Å². The van der Waals surface area contributed by atoms with E-state index in [0.29, 0.717) is 21.6 Å². The van der Waals surface area contributed by atoms with Crippen LogP contribution in [0.1, 0.15) is 41.0 Å². The van der Waals surface area contributed by atoms with Crippen LogP contribution in [0.15, 0.2) is 40.0 Å². The Hall–Kier alpha value is -3.04. The molecule has 1 saturated heterocycles. The van der Waals surface area contributed by atoms with Crippen molar-refractivity contribution in [3.63, 3.8) is 0 Å². The minimum absolute atomic E-state index is 0.205. The first-order valence-electron chi connectivity index (χ1n) is 11.8. The van der Waals surface area contributed by atoms with Gasteiger partial charge >= 0.3 is 0 Å². The number of benzene rings is 2. The molecule has 1 unspecified atom stereocenters. The zero-order chi connectivity index (χ0) is 25.7. The maximum Gasteiger partial charge on any atom is 0.262 e. The fraction of sp³-hybridized carbons (Fsp3) is 0.423. The highest BCUT2D eigenvalue weighted by atomic mass is 32.2. The first-order valence-corrected chi connectivity index (χ1v) is 13.2. The van der Waals surface area contributed by atoms with Gasteiger partial charge in [0.25, 0.3) is 5.56 Å². The number of aryl methyl sites for hydroxylation is 3. The fourth-order valence-electron chi connectivity index (χ4n) is 4.93. The van der Waals surface area contributed by atoms with E-state index in [-0.39, 0.29) is 37.6 Å². The van der Waals surface area contributed by atoms with Crippen molar-refractivity contribution >= 4 is 26.8 Å². The number of hydrogen-bond donors (Lipinski definition) is 0. The summed E-state index contributed by atoms with van der Waals surface area (Å²) in [6.45, 7) is 11.9. The highest BCUT2D eigenvalue weighted by Gasteiger charge is 2.34. The van der Waals surface area contributed by atoms with E-state index < -0.39 is 16.1 Å². The van der Waals surface area contributed by atoms with E-state index in [0.717, 1.165) is 22.3 Å². The molecule has 9 heteroatoms. The summed E-state index contributed by atoms with van der Waals surface area (Å²) in [5, 5.41) is 0.466. The first-order chi connectivity index (χ1) is 16.4. The van der Waals surface area contributed by atoms with Crippen LogP contribution in [0.3, 0.4) is 0 Å². The number of fused-ring (bicyclic) bond motifs is 1. The van der Waals surface area contributed by atoms with Gasteiger partial charge in [-0.3, -0.25) is 14.2 Å². The lowest BCUT2D eigenvalue weighted by atomic mass is 10.0. The number of nitrogens with zero attached hydrogens (tertiary/aromatic N) is 4. The Morgan fingerprint density at radius 1 is 0.943 bits per heavy atom. The van der Waals surface area contributed by atoms with Gasteiger partial charge in [0.2, 0.25) is 15.9 Å². The molecule has 2 aromatic carbocycles. The molecule has 0 bridgehead atoms. The SMILES string of the molecule is Cc1cc(C)c(C)c(S(=O)(=O)N2CCN(C(=O)C(C)n3c(C)nc4ccccc4c3=O)CC2)c1C. The van der Waals surface area contributed by atoms with Crippen LogP contribution in [0.2, 0.25) is 0 Å². The molecule has 2 heterocycles. The van der Waals surface area contributed by atoms with Crippen molar-refractivity contribution in [2.45, 2.75) is 52.5 Å². The summed E-state index contributed by atoms with van der Waals surface area (Å²) in [5.41, 5.74) is 3.76. The van der Waals surface area contributed by atoms with Gasteiger partial charge in [-0.2, -0.15) is 4.31 Å². The van der Waals surface area contributed by atoms with Crippen LogP contribution in [0.4, 0.5) is 0 Å². The monoisotopic (exact) mass is 496 g/mol. The van der Waals surface area contributed by atoms with E-state index >= 15 is 0 Å². The topological polar surface area (TPSA) is 92.6 Å². The Morgan fingerprint density at radius 3 is 2.11 bits per heavy atom. The quantitative estimate of drug-likeness (QED) is 0.554. The Kier molecular flexibility index (Phi) is 6.59. The Morgan fingerprint density at radius 2 is 1.51 bits per heavy atom. The van der Waals surface area contributed by atoms with E-state index in [1.807, 2.05) is 39.8 Å². The molecule has 1 aliphatic rings. The minimum atomic E-state index is -3.70. The van der Waals surface area contributed by atoms with Crippen molar-refractivity contribution < 1.29 is 13.2 Å². The van der Waals surface area contributed by atoms with Gasteiger partial charge < -0.3 is 4.90 Å². The van der Waals surface area contributed by atoms with Crippen LogP contribution in [-0.2, 0) is 14.8 Å². The smallest absolute Gasteiger partial charge is 0.262 e. The number of sulfonamides is 1. The number of aromatic nitrogens is 2. The Bertz CT molecular complexity index is 1460. The van der Waals surface area contributed by atoms with Crippen molar-refractivity contribution in [2.24, 2.45) is 0 Å². The average molecular weight is 497 g/mol. The van der Waals surface area contributed by atoms with Crippen molar-refractivity contribution in [1.29, 1.82) is 0 Å². The number of piperazine rings is 1. The lowest BCUT2D eigenvalue weighted by Gasteiger charge is -2.36. The number of carbonyl (C=O) groups excluding carboxylic acids is 1. The van der Waals surface area contributed by atoms with Crippen LogP contribution < -0.4 is 5.56 Å². The molecule has 0 aliphatic carbocycles. The number of hydrogen-bond acceptors (Lipinski definition) is 5. The summed E-state index contributed by atoms with van der Waals surface area (Å²) in [7, 11) is -3.70. The summed E-state index contributed by atoms with van der Waals surface area (Å²) in [4.78, 5) is 32.9. The summed E-state index contributed by atoms with van der Waals surface area (Å²) in [6, 6.07) is 8.34. The second-order valence-corrected chi connectivity index (χ2v) is 11.2. The summed E-state index contributed by atoms with van der Waals surface area (Å²) in [6.07, 6.45) is 0. The molecule has 35 heavy (non-hydrogen) atoms. The molecule has 3 aromatic rings. The van der Waals surface area contributed by atoms with Crippen LogP contribution in [0.25, 0.3) is 10.9 Å². The predicted octanol–water partition coefficient (Wildman–Crippen LogP) is 3.03. The molecule has 0 N–H and O–H groups in total. The molecule has 0 saturated carbocycles. The van der Waals surface area contributed by atoms with Gasteiger partial charge in [-0.05, 0) is 75.9 Å². The van der Waals surface area contributed by atoms with Crippen LogP contribution >= 0.6 is 0 Å². The second kappa shape index (κ2) is 9.20. The Labute approximate surface area is 206 Å². The van der Waals surface area contributed by atoms with Crippen molar-refractivity contribution in [1.82, 2.24) is 18.8 Å². The lowest BCUT2D eigenvalue weighted by molar-refractivity contribution is -0.135. The molecule has 1 aromatic heterocycles. The normalized spacial score (nSPS) is 16.0. The first kappa shape index (κ1) is 25.1. The largest absolute Gasteiger partial charge is 0.338 e. The fourth-order valence-corrected chi connectivity index (χ4v) is 6.93.